The van der Waals surface area contributed by atoms with Gasteiger partial charge in [-0.3, -0.25) is 0 Å². The van der Waals surface area contributed by atoms with E-state index in [9.17, 15) is 4.79 Å². The van der Waals surface area contributed by atoms with Gasteiger partial charge in [0.05, 0.1) is 16.1 Å². The van der Waals surface area contributed by atoms with Gasteiger partial charge in [-0.2, -0.15) is 0 Å². The second-order valence-corrected chi connectivity index (χ2v) is 5.82. The van der Waals surface area contributed by atoms with Crippen molar-refractivity contribution < 1.29 is 14.6 Å². The quantitative estimate of drug-likeness (QED) is 0.913. The molecule has 2 unspecified atom stereocenters. The topological polar surface area (TPSA) is 46.5 Å². The van der Waals surface area contributed by atoms with Gasteiger partial charge < -0.3 is 9.84 Å². The van der Waals surface area contributed by atoms with Crippen LogP contribution >= 0.6 is 15.9 Å². The number of hydrogen-bond acceptors (Lipinski definition) is 2. The molecule has 2 atom stereocenters. The summed E-state index contributed by atoms with van der Waals surface area (Å²) < 4.78 is 6.75. The molecule has 1 fully saturated rings. The number of halogens is 1. The lowest BCUT2D eigenvalue weighted by atomic mass is 9.89. The first-order valence-electron chi connectivity index (χ1n) is 6.25. The molecule has 0 radical (unpaired) electrons. The van der Waals surface area contributed by atoms with E-state index in [2.05, 4.69) is 22.9 Å². The van der Waals surface area contributed by atoms with Crippen molar-refractivity contribution in [1.82, 2.24) is 0 Å². The summed E-state index contributed by atoms with van der Waals surface area (Å²) in [5.74, 6) is 0.392. The van der Waals surface area contributed by atoms with Gasteiger partial charge in [0.2, 0.25) is 0 Å². The summed E-state index contributed by atoms with van der Waals surface area (Å²) in [4.78, 5) is 10.9. The van der Waals surface area contributed by atoms with Gasteiger partial charge in [0.25, 0.3) is 0 Å². The molecule has 1 aliphatic rings. The van der Waals surface area contributed by atoms with Gasteiger partial charge in [0, 0.05) is 0 Å². The zero-order valence-electron chi connectivity index (χ0n) is 10.4. The molecule has 1 N–H and O–H groups in total. The van der Waals surface area contributed by atoms with E-state index in [0.717, 1.165) is 17.3 Å². The Bertz CT molecular complexity index is 445. The van der Waals surface area contributed by atoms with E-state index >= 15 is 0 Å². The molecule has 0 amide bonds. The lowest BCUT2D eigenvalue weighted by molar-refractivity contribution is 0.0695. The fourth-order valence-electron chi connectivity index (χ4n) is 2.39. The predicted molar refractivity (Wildman–Crippen MR) is 73.1 cm³/mol. The van der Waals surface area contributed by atoms with E-state index in [0.29, 0.717) is 11.7 Å². The standard InChI is InChI=1S/C14H17BrO3/c1-9-3-2-4-11(7-9)18-13-8-10(14(16)17)5-6-12(13)15/h5-6,8-9,11H,2-4,7H2,1H3,(H,16,17). The summed E-state index contributed by atoms with van der Waals surface area (Å²) in [6.45, 7) is 2.23. The minimum Gasteiger partial charge on any atom is -0.489 e. The van der Waals surface area contributed by atoms with Gasteiger partial charge in [-0.25, -0.2) is 4.79 Å². The van der Waals surface area contributed by atoms with Crippen molar-refractivity contribution in [2.45, 2.75) is 38.7 Å². The van der Waals surface area contributed by atoms with Crippen molar-refractivity contribution in [2.75, 3.05) is 0 Å². The van der Waals surface area contributed by atoms with E-state index in [1.807, 2.05) is 0 Å². The molecule has 4 heteroatoms. The maximum Gasteiger partial charge on any atom is 0.335 e. The minimum atomic E-state index is -0.927. The van der Waals surface area contributed by atoms with Gasteiger partial charge in [-0.15, -0.1) is 0 Å². The van der Waals surface area contributed by atoms with Crippen LogP contribution in [0.2, 0.25) is 0 Å². The molecule has 18 heavy (non-hydrogen) atoms. The van der Waals surface area contributed by atoms with Crippen molar-refractivity contribution in [3.8, 4) is 5.75 Å². The number of benzene rings is 1. The summed E-state index contributed by atoms with van der Waals surface area (Å²) in [6, 6.07) is 4.89. The zero-order chi connectivity index (χ0) is 13.1. The largest absolute Gasteiger partial charge is 0.489 e. The van der Waals surface area contributed by atoms with Crippen LogP contribution in [0, 0.1) is 5.92 Å². The summed E-state index contributed by atoms with van der Waals surface area (Å²) in [7, 11) is 0. The molecular weight excluding hydrogens is 296 g/mol. The molecule has 1 aromatic carbocycles. The van der Waals surface area contributed by atoms with E-state index in [1.165, 1.54) is 12.8 Å². The van der Waals surface area contributed by atoms with Gasteiger partial charge in [-0.05, 0) is 59.3 Å². The van der Waals surface area contributed by atoms with Crippen molar-refractivity contribution >= 4 is 21.9 Å². The smallest absolute Gasteiger partial charge is 0.335 e. The fraction of sp³-hybridized carbons (Fsp3) is 0.500. The van der Waals surface area contributed by atoms with Crippen LogP contribution in [0.5, 0.6) is 5.75 Å². The zero-order valence-corrected chi connectivity index (χ0v) is 11.9. The Labute approximate surface area is 115 Å². The number of carboxylic acid groups (broad SMARTS) is 1. The summed E-state index contributed by atoms with van der Waals surface area (Å²) in [6.07, 6.45) is 4.74. The highest BCUT2D eigenvalue weighted by atomic mass is 79.9. The number of rotatable bonds is 3. The first-order chi connectivity index (χ1) is 8.56. The van der Waals surface area contributed by atoms with E-state index in [1.54, 1.807) is 18.2 Å². The van der Waals surface area contributed by atoms with Gasteiger partial charge >= 0.3 is 5.97 Å². The Hall–Kier alpha value is -1.03. The van der Waals surface area contributed by atoms with Crippen LogP contribution in [0.3, 0.4) is 0 Å². The molecule has 1 aliphatic carbocycles. The van der Waals surface area contributed by atoms with Crippen molar-refractivity contribution in [3.63, 3.8) is 0 Å². The summed E-state index contributed by atoms with van der Waals surface area (Å²) >= 11 is 3.40. The number of carboxylic acids is 1. The third kappa shape index (κ3) is 3.25. The molecule has 0 aliphatic heterocycles. The van der Waals surface area contributed by atoms with E-state index < -0.39 is 5.97 Å². The first kappa shape index (κ1) is 13.4. The molecule has 2 rings (SSSR count). The Morgan fingerprint density at radius 1 is 1.44 bits per heavy atom. The molecule has 0 spiro atoms. The minimum absolute atomic E-state index is 0.203. The average Bonchev–Trinajstić information content (AvgIpc) is 2.31. The lowest BCUT2D eigenvalue weighted by Crippen LogP contribution is -2.24. The van der Waals surface area contributed by atoms with Crippen LogP contribution < -0.4 is 4.74 Å². The van der Waals surface area contributed by atoms with Crippen LogP contribution in [0.15, 0.2) is 22.7 Å². The second kappa shape index (κ2) is 5.74. The highest BCUT2D eigenvalue weighted by Gasteiger charge is 2.21. The molecule has 0 aromatic heterocycles. The van der Waals surface area contributed by atoms with Crippen molar-refractivity contribution in [2.24, 2.45) is 5.92 Å². The molecular formula is C14H17BrO3. The average molecular weight is 313 g/mol. The van der Waals surface area contributed by atoms with Gasteiger partial charge in [-0.1, -0.05) is 13.3 Å². The first-order valence-corrected chi connectivity index (χ1v) is 7.05. The lowest BCUT2D eigenvalue weighted by Gasteiger charge is -2.27. The van der Waals surface area contributed by atoms with Crippen molar-refractivity contribution in [1.29, 1.82) is 0 Å². The maximum absolute atomic E-state index is 10.9. The molecule has 0 heterocycles. The summed E-state index contributed by atoms with van der Waals surface area (Å²) in [5.41, 5.74) is 0.261. The van der Waals surface area contributed by atoms with Crippen molar-refractivity contribution in [3.05, 3.63) is 28.2 Å². The number of hydrogen-bond donors (Lipinski definition) is 1. The maximum atomic E-state index is 10.9. The van der Waals surface area contributed by atoms with Crippen LogP contribution in [0.25, 0.3) is 0 Å². The van der Waals surface area contributed by atoms with E-state index in [4.69, 9.17) is 9.84 Å². The van der Waals surface area contributed by atoms with Gasteiger partial charge in [0.1, 0.15) is 5.75 Å². The SMILES string of the molecule is CC1CCCC(Oc2cc(C(=O)O)ccc2Br)C1. The molecule has 98 valence electrons. The highest BCUT2D eigenvalue weighted by molar-refractivity contribution is 9.10. The molecule has 1 saturated carbocycles. The number of aromatic carboxylic acids is 1. The normalized spacial score (nSPS) is 23.7. The third-order valence-electron chi connectivity index (χ3n) is 3.36. The van der Waals surface area contributed by atoms with Crippen LogP contribution in [-0.4, -0.2) is 17.2 Å². The number of carbonyl (C=O) groups is 1. The molecule has 0 saturated heterocycles. The second-order valence-electron chi connectivity index (χ2n) is 4.96. The van der Waals surface area contributed by atoms with Crippen LogP contribution in [0.1, 0.15) is 43.0 Å². The fourth-order valence-corrected chi connectivity index (χ4v) is 2.73. The summed E-state index contributed by atoms with van der Waals surface area (Å²) in [5, 5.41) is 8.98. The monoisotopic (exact) mass is 312 g/mol. The van der Waals surface area contributed by atoms with Crippen LogP contribution in [0.4, 0.5) is 0 Å². The van der Waals surface area contributed by atoms with E-state index in [-0.39, 0.29) is 11.7 Å². The third-order valence-corrected chi connectivity index (χ3v) is 4.02. The van der Waals surface area contributed by atoms with Gasteiger partial charge in [0.15, 0.2) is 0 Å². The molecule has 3 nitrogen and oxygen atoms in total. The highest BCUT2D eigenvalue weighted by Crippen LogP contribution is 2.32. The van der Waals surface area contributed by atoms with Crippen LogP contribution in [-0.2, 0) is 0 Å². The Morgan fingerprint density at radius 2 is 2.22 bits per heavy atom. The molecule has 0 bridgehead atoms. The Morgan fingerprint density at radius 3 is 2.89 bits per heavy atom. The predicted octanol–water partition coefficient (Wildman–Crippen LogP) is 4.10. The Kier molecular flexibility index (Phi) is 4.27. The Balaban J connectivity index is 2.12. The molecule has 1 aromatic rings. The number of ether oxygens (including phenoxy) is 1.